The Morgan fingerprint density at radius 2 is 2.05 bits per heavy atom. The van der Waals surface area contributed by atoms with Crippen molar-refractivity contribution in [2.45, 2.75) is 25.7 Å². The van der Waals surface area contributed by atoms with Crippen molar-refractivity contribution in [2.24, 2.45) is 0 Å². The van der Waals surface area contributed by atoms with Gasteiger partial charge in [0, 0.05) is 10.9 Å². The molecule has 2 aromatic rings. The minimum Gasteiger partial charge on any atom is -0.468 e. The molecule has 5 heteroatoms. The second-order valence-corrected chi connectivity index (χ2v) is 5.26. The molecule has 0 atom stereocenters. The molecule has 1 heterocycles. The van der Waals surface area contributed by atoms with E-state index in [2.05, 4.69) is 22.2 Å². The van der Waals surface area contributed by atoms with Crippen LogP contribution in [0.25, 0.3) is 11.0 Å². The molecule has 0 fully saturated rings. The van der Waals surface area contributed by atoms with E-state index in [-0.39, 0.29) is 18.9 Å². The van der Waals surface area contributed by atoms with Crippen LogP contribution in [0.2, 0.25) is 0 Å². The number of carbonyl (C=O) groups excluding carboxylic acids is 2. The van der Waals surface area contributed by atoms with Crippen molar-refractivity contribution in [2.75, 3.05) is 13.7 Å². The van der Waals surface area contributed by atoms with Crippen molar-refractivity contribution >= 4 is 22.8 Å². The summed E-state index contributed by atoms with van der Waals surface area (Å²) >= 11 is 0. The number of amides is 1. The van der Waals surface area contributed by atoms with Crippen molar-refractivity contribution in [3.05, 3.63) is 35.1 Å². The summed E-state index contributed by atoms with van der Waals surface area (Å²) in [5, 5.41) is 3.52. The van der Waals surface area contributed by atoms with E-state index in [0.29, 0.717) is 0 Å². The normalized spacial score (nSPS) is 13.2. The third-order valence-electron chi connectivity index (χ3n) is 3.88. The number of ether oxygens (including phenoxy) is 1. The first-order chi connectivity index (χ1) is 10.2. The van der Waals surface area contributed by atoms with Crippen LogP contribution in [0, 0.1) is 0 Å². The molecular weight excluding hydrogens is 270 g/mol. The Balaban J connectivity index is 1.75. The first-order valence-electron chi connectivity index (χ1n) is 7.03. The van der Waals surface area contributed by atoms with E-state index in [1.807, 2.05) is 0 Å². The van der Waals surface area contributed by atoms with E-state index in [1.165, 1.54) is 24.7 Å². The highest BCUT2D eigenvalue weighted by Crippen LogP contribution is 2.30. The van der Waals surface area contributed by atoms with Crippen molar-refractivity contribution in [3.8, 4) is 0 Å². The third-order valence-corrected chi connectivity index (χ3v) is 3.88. The largest absolute Gasteiger partial charge is 0.468 e. The summed E-state index contributed by atoms with van der Waals surface area (Å²) in [6.07, 6.45) is 5.18. The van der Waals surface area contributed by atoms with Gasteiger partial charge < -0.3 is 14.5 Å². The van der Waals surface area contributed by atoms with E-state index in [9.17, 15) is 9.59 Å². The van der Waals surface area contributed by atoms with Crippen LogP contribution >= 0.6 is 0 Å². The molecule has 1 aromatic heterocycles. The number of furan rings is 1. The molecular formula is C16H17NO4. The first-order valence-corrected chi connectivity index (χ1v) is 7.03. The van der Waals surface area contributed by atoms with E-state index in [1.54, 1.807) is 6.26 Å². The highest BCUT2D eigenvalue weighted by molar-refractivity contribution is 5.89. The van der Waals surface area contributed by atoms with Gasteiger partial charge in [-0.05, 0) is 42.5 Å². The van der Waals surface area contributed by atoms with Gasteiger partial charge in [-0.1, -0.05) is 0 Å². The Hall–Kier alpha value is -2.30. The van der Waals surface area contributed by atoms with Gasteiger partial charge in [0.15, 0.2) is 0 Å². The van der Waals surface area contributed by atoms with E-state index in [0.717, 1.165) is 29.4 Å². The number of hydrogen-bond acceptors (Lipinski definition) is 4. The Morgan fingerprint density at radius 1 is 1.29 bits per heavy atom. The number of carbonyl (C=O) groups is 2. The Kier molecular flexibility index (Phi) is 3.64. The summed E-state index contributed by atoms with van der Waals surface area (Å²) in [7, 11) is 1.29. The number of benzene rings is 1. The second kappa shape index (κ2) is 5.60. The molecule has 1 amide bonds. The maximum absolute atomic E-state index is 11.8. The topological polar surface area (TPSA) is 68.5 Å². The molecule has 1 aliphatic rings. The first kappa shape index (κ1) is 13.7. The predicted octanol–water partition coefficient (Wildman–Crippen LogP) is 1.75. The molecule has 0 saturated carbocycles. The predicted molar refractivity (Wildman–Crippen MR) is 77.0 cm³/mol. The summed E-state index contributed by atoms with van der Waals surface area (Å²) in [5.41, 5.74) is 4.37. The van der Waals surface area contributed by atoms with Gasteiger partial charge in [-0.2, -0.15) is 0 Å². The Bertz CT molecular complexity index is 702. The van der Waals surface area contributed by atoms with Crippen LogP contribution in [0.4, 0.5) is 0 Å². The Morgan fingerprint density at radius 3 is 2.81 bits per heavy atom. The zero-order valence-electron chi connectivity index (χ0n) is 11.9. The van der Waals surface area contributed by atoms with Gasteiger partial charge in [-0.3, -0.25) is 9.59 Å². The van der Waals surface area contributed by atoms with Crippen LogP contribution in [0.1, 0.15) is 23.1 Å². The van der Waals surface area contributed by atoms with Crippen LogP contribution in [0.15, 0.2) is 22.8 Å². The second-order valence-electron chi connectivity index (χ2n) is 5.26. The summed E-state index contributed by atoms with van der Waals surface area (Å²) in [4.78, 5) is 22.9. The van der Waals surface area contributed by atoms with Crippen LogP contribution in [0.5, 0.6) is 0 Å². The molecule has 0 radical (unpaired) electrons. The lowest BCUT2D eigenvalue weighted by Gasteiger charge is -2.03. The molecule has 110 valence electrons. The quantitative estimate of drug-likeness (QED) is 0.870. The fraction of sp³-hybridized carbons (Fsp3) is 0.375. The zero-order chi connectivity index (χ0) is 14.8. The highest BCUT2D eigenvalue weighted by Gasteiger charge is 2.16. The average Bonchev–Trinajstić information content (AvgIpc) is 3.09. The highest BCUT2D eigenvalue weighted by atomic mass is 16.5. The van der Waals surface area contributed by atoms with Gasteiger partial charge >= 0.3 is 5.97 Å². The van der Waals surface area contributed by atoms with Crippen molar-refractivity contribution in [1.29, 1.82) is 0 Å². The number of aryl methyl sites for hydroxylation is 2. The molecule has 1 N–H and O–H groups in total. The Labute approximate surface area is 122 Å². The summed E-state index contributed by atoms with van der Waals surface area (Å²) < 4.78 is 10.0. The van der Waals surface area contributed by atoms with E-state index >= 15 is 0 Å². The van der Waals surface area contributed by atoms with Crippen molar-refractivity contribution in [1.82, 2.24) is 5.32 Å². The van der Waals surface area contributed by atoms with Crippen LogP contribution in [0.3, 0.4) is 0 Å². The number of esters is 1. The molecule has 5 nitrogen and oxygen atoms in total. The van der Waals surface area contributed by atoms with Gasteiger partial charge in [0.25, 0.3) is 0 Å². The maximum Gasteiger partial charge on any atom is 0.325 e. The molecule has 0 aliphatic heterocycles. The molecule has 3 rings (SSSR count). The molecule has 21 heavy (non-hydrogen) atoms. The number of methoxy groups -OCH3 is 1. The molecule has 1 aliphatic carbocycles. The molecule has 1 aromatic carbocycles. The smallest absolute Gasteiger partial charge is 0.325 e. The van der Waals surface area contributed by atoms with Gasteiger partial charge in [-0.25, -0.2) is 0 Å². The lowest BCUT2D eigenvalue weighted by Crippen LogP contribution is -2.31. The van der Waals surface area contributed by atoms with Crippen LogP contribution in [-0.2, 0) is 33.6 Å². The molecule has 0 unspecified atom stereocenters. The molecule has 0 bridgehead atoms. The fourth-order valence-corrected chi connectivity index (χ4v) is 2.76. The lowest BCUT2D eigenvalue weighted by atomic mass is 10.0. The summed E-state index contributed by atoms with van der Waals surface area (Å²) in [6, 6.07) is 4.21. The van der Waals surface area contributed by atoms with Crippen LogP contribution < -0.4 is 5.32 Å². The maximum atomic E-state index is 11.8. The average molecular weight is 287 g/mol. The van der Waals surface area contributed by atoms with Crippen molar-refractivity contribution in [3.63, 3.8) is 0 Å². The van der Waals surface area contributed by atoms with E-state index < -0.39 is 5.97 Å². The molecule has 0 spiro atoms. The SMILES string of the molecule is COC(=O)CNC(=O)Cc1coc2cc3c(cc12)CCC3. The zero-order valence-corrected chi connectivity index (χ0v) is 11.9. The third kappa shape index (κ3) is 2.77. The summed E-state index contributed by atoms with van der Waals surface area (Å²) in [6.45, 7) is -0.111. The number of hydrogen-bond donors (Lipinski definition) is 1. The van der Waals surface area contributed by atoms with Gasteiger partial charge in [0.2, 0.25) is 5.91 Å². The standard InChI is InChI=1S/C16H17NO4/c1-20-16(19)8-17-15(18)7-12-9-21-14-6-11-4-2-3-10(11)5-13(12)14/h5-6,9H,2-4,7-8H2,1H3,(H,17,18). The minimum absolute atomic E-state index is 0.111. The number of rotatable bonds is 4. The van der Waals surface area contributed by atoms with Gasteiger partial charge in [-0.15, -0.1) is 0 Å². The lowest BCUT2D eigenvalue weighted by molar-refractivity contribution is -0.141. The van der Waals surface area contributed by atoms with Gasteiger partial charge in [0.05, 0.1) is 19.8 Å². The van der Waals surface area contributed by atoms with E-state index in [4.69, 9.17) is 4.42 Å². The summed E-state index contributed by atoms with van der Waals surface area (Å²) in [5.74, 6) is -0.679. The monoisotopic (exact) mass is 287 g/mol. The number of fused-ring (bicyclic) bond motifs is 2. The van der Waals surface area contributed by atoms with Crippen LogP contribution in [-0.4, -0.2) is 25.5 Å². The fourth-order valence-electron chi connectivity index (χ4n) is 2.76. The van der Waals surface area contributed by atoms with Crippen molar-refractivity contribution < 1.29 is 18.7 Å². The minimum atomic E-state index is -0.460. The van der Waals surface area contributed by atoms with Gasteiger partial charge in [0.1, 0.15) is 12.1 Å². The number of nitrogens with one attached hydrogen (secondary N) is 1. The molecule has 0 saturated heterocycles.